The van der Waals surface area contributed by atoms with Gasteiger partial charge < -0.3 is 4.74 Å². The van der Waals surface area contributed by atoms with Crippen LogP contribution in [0.3, 0.4) is 0 Å². The van der Waals surface area contributed by atoms with Gasteiger partial charge >= 0.3 is 0 Å². The Morgan fingerprint density at radius 1 is 1.19 bits per heavy atom. The molecule has 0 aliphatic heterocycles. The molecule has 32 heavy (non-hydrogen) atoms. The molecule has 1 atom stereocenters. The molecule has 4 rings (SSSR count). The van der Waals surface area contributed by atoms with Crippen LogP contribution in [-0.2, 0) is 0 Å². The lowest BCUT2D eigenvalue weighted by atomic mass is 10.0. The second-order valence-electron chi connectivity index (χ2n) is 7.60. The molecule has 0 amide bonds. The van der Waals surface area contributed by atoms with Gasteiger partial charge in [0.1, 0.15) is 18.2 Å². The highest BCUT2D eigenvalue weighted by atomic mass is 79.9. The van der Waals surface area contributed by atoms with E-state index in [4.69, 9.17) is 9.72 Å². The summed E-state index contributed by atoms with van der Waals surface area (Å²) in [5.41, 5.74) is 1.28. The Bertz CT molecular complexity index is 1390. The number of ether oxygens (including phenoxy) is 1. The van der Waals surface area contributed by atoms with Gasteiger partial charge in [0.05, 0.1) is 17.1 Å². The summed E-state index contributed by atoms with van der Waals surface area (Å²) >= 11 is 3.45. The number of hydrogen-bond acceptors (Lipinski definition) is 4. The van der Waals surface area contributed by atoms with Crippen LogP contribution in [-0.4, -0.2) is 22.5 Å². The van der Waals surface area contributed by atoms with Crippen molar-refractivity contribution in [3.8, 4) is 5.75 Å². The van der Waals surface area contributed by atoms with Crippen LogP contribution in [0.2, 0.25) is 0 Å². The number of rotatable bonds is 7. The lowest BCUT2D eigenvalue weighted by Crippen LogP contribution is -2.23. The van der Waals surface area contributed by atoms with Crippen LogP contribution < -0.4 is 10.3 Å². The van der Waals surface area contributed by atoms with Crippen molar-refractivity contribution in [1.82, 2.24) is 9.66 Å². The fourth-order valence-corrected chi connectivity index (χ4v) is 3.94. The second kappa shape index (κ2) is 9.49. The Kier molecular flexibility index (Phi) is 6.51. The lowest BCUT2D eigenvalue weighted by Gasteiger charge is -2.14. The van der Waals surface area contributed by atoms with Crippen LogP contribution in [0.4, 0.5) is 0 Å². The molecule has 0 N–H and O–H groups in total. The molecular formula is C26H24BrN3O2. The van der Waals surface area contributed by atoms with Crippen molar-refractivity contribution in [1.29, 1.82) is 0 Å². The summed E-state index contributed by atoms with van der Waals surface area (Å²) < 4.78 is 8.12. The molecule has 0 aliphatic carbocycles. The Morgan fingerprint density at radius 2 is 2.00 bits per heavy atom. The molecule has 6 heteroatoms. The number of nitrogens with zero attached hydrogens (tertiary/aromatic N) is 3. The normalized spacial score (nSPS) is 12.5. The van der Waals surface area contributed by atoms with Gasteiger partial charge in [-0.15, -0.1) is 0 Å². The number of benzene rings is 3. The smallest absolute Gasteiger partial charge is 0.282 e. The summed E-state index contributed by atoms with van der Waals surface area (Å²) in [5.74, 6) is 1.39. The van der Waals surface area contributed by atoms with E-state index in [0.29, 0.717) is 29.1 Å². The van der Waals surface area contributed by atoms with Crippen LogP contribution in [0, 0.1) is 0 Å². The van der Waals surface area contributed by atoms with Gasteiger partial charge in [0.25, 0.3) is 5.56 Å². The summed E-state index contributed by atoms with van der Waals surface area (Å²) in [6, 6.07) is 17.5. The minimum absolute atomic E-state index is 0.0666. The van der Waals surface area contributed by atoms with E-state index in [1.807, 2.05) is 48.5 Å². The van der Waals surface area contributed by atoms with Crippen LogP contribution in [0.15, 0.2) is 81.6 Å². The van der Waals surface area contributed by atoms with E-state index in [2.05, 4.69) is 41.5 Å². The van der Waals surface area contributed by atoms with Gasteiger partial charge in [0.15, 0.2) is 0 Å². The Balaban J connectivity index is 1.94. The average molecular weight is 490 g/mol. The zero-order chi connectivity index (χ0) is 22.7. The van der Waals surface area contributed by atoms with Gasteiger partial charge in [-0.3, -0.25) is 4.79 Å². The van der Waals surface area contributed by atoms with Gasteiger partial charge in [0.2, 0.25) is 0 Å². The van der Waals surface area contributed by atoms with Crippen molar-refractivity contribution in [3.05, 3.63) is 93.5 Å². The maximum Gasteiger partial charge on any atom is 0.282 e. The van der Waals surface area contributed by atoms with Crippen molar-refractivity contribution in [2.24, 2.45) is 5.10 Å². The van der Waals surface area contributed by atoms with Crippen molar-refractivity contribution >= 4 is 43.8 Å². The molecule has 0 fully saturated rings. The van der Waals surface area contributed by atoms with E-state index in [-0.39, 0.29) is 11.5 Å². The molecule has 1 heterocycles. The largest absolute Gasteiger partial charge is 0.489 e. The number of aromatic nitrogens is 2. The third-order valence-corrected chi connectivity index (χ3v) is 5.97. The monoisotopic (exact) mass is 489 g/mol. The average Bonchev–Trinajstić information content (AvgIpc) is 2.82. The van der Waals surface area contributed by atoms with E-state index in [9.17, 15) is 4.79 Å². The van der Waals surface area contributed by atoms with Crippen LogP contribution >= 0.6 is 15.9 Å². The highest BCUT2D eigenvalue weighted by Gasteiger charge is 2.16. The molecule has 0 spiro atoms. The van der Waals surface area contributed by atoms with E-state index in [0.717, 1.165) is 27.2 Å². The SMILES string of the molecule is C=CCOc1ccc2ccccc2c1C=Nn1c([C@H](C)CC)nc2ccc(Br)cc2c1=O. The second-order valence-corrected chi connectivity index (χ2v) is 8.52. The van der Waals surface area contributed by atoms with Gasteiger partial charge in [-0.05, 0) is 41.5 Å². The minimum atomic E-state index is -0.198. The van der Waals surface area contributed by atoms with Gasteiger partial charge in [-0.1, -0.05) is 72.8 Å². The molecule has 3 aromatic carbocycles. The standard InChI is InChI=1S/C26H24BrN3O2/c1-4-14-32-24-13-10-18-8-6-7-9-20(18)22(24)16-28-30-25(17(3)5-2)29-23-12-11-19(27)15-21(23)26(30)31/h4,6-13,15-17H,1,5,14H2,2-3H3/t17-/m1/s1. The molecule has 0 saturated heterocycles. The highest BCUT2D eigenvalue weighted by molar-refractivity contribution is 9.10. The van der Waals surface area contributed by atoms with Crippen LogP contribution in [0.5, 0.6) is 5.75 Å². The third kappa shape index (κ3) is 4.23. The van der Waals surface area contributed by atoms with Crippen molar-refractivity contribution in [2.45, 2.75) is 26.2 Å². The van der Waals surface area contributed by atoms with E-state index in [1.165, 1.54) is 4.68 Å². The molecule has 0 aliphatic rings. The topological polar surface area (TPSA) is 56.5 Å². The summed E-state index contributed by atoms with van der Waals surface area (Å²) in [6.45, 7) is 8.23. The summed E-state index contributed by atoms with van der Waals surface area (Å²) in [4.78, 5) is 18.2. The zero-order valence-electron chi connectivity index (χ0n) is 18.1. The predicted octanol–water partition coefficient (Wildman–Crippen LogP) is 6.27. The molecule has 5 nitrogen and oxygen atoms in total. The maximum atomic E-state index is 13.4. The molecule has 0 unspecified atom stereocenters. The quantitative estimate of drug-likeness (QED) is 0.227. The van der Waals surface area contributed by atoms with Crippen molar-refractivity contribution < 1.29 is 4.74 Å². The first-order chi connectivity index (χ1) is 15.5. The first kappa shape index (κ1) is 22.0. The highest BCUT2D eigenvalue weighted by Crippen LogP contribution is 2.27. The minimum Gasteiger partial charge on any atom is -0.489 e. The summed E-state index contributed by atoms with van der Waals surface area (Å²) in [5, 5.41) is 7.22. The summed E-state index contributed by atoms with van der Waals surface area (Å²) in [6.07, 6.45) is 4.23. The Morgan fingerprint density at radius 3 is 2.78 bits per heavy atom. The molecule has 0 radical (unpaired) electrons. The number of halogens is 1. The zero-order valence-corrected chi connectivity index (χ0v) is 19.7. The first-order valence-corrected chi connectivity index (χ1v) is 11.3. The Labute approximate surface area is 195 Å². The number of fused-ring (bicyclic) bond motifs is 2. The maximum absolute atomic E-state index is 13.4. The fraction of sp³-hybridized carbons (Fsp3) is 0.192. The predicted molar refractivity (Wildman–Crippen MR) is 135 cm³/mol. The van der Waals surface area contributed by atoms with E-state index in [1.54, 1.807) is 18.4 Å². The van der Waals surface area contributed by atoms with E-state index >= 15 is 0 Å². The van der Waals surface area contributed by atoms with Crippen LogP contribution in [0.25, 0.3) is 21.7 Å². The lowest BCUT2D eigenvalue weighted by molar-refractivity contribution is 0.363. The fourth-order valence-electron chi connectivity index (χ4n) is 3.58. The molecule has 1 aromatic heterocycles. The summed E-state index contributed by atoms with van der Waals surface area (Å²) in [7, 11) is 0. The molecule has 4 aromatic rings. The number of hydrogen-bond donors (Lipinski definition) is 0. The molecule has 162 valence electrons. The van der Waals surface area contributed by atoms with E-state index < -0.39 is 0 Å². The third-order valence-electron chi connectivity index (χ3n) is 5.48. The molecule has 0 saturated carbocycles. The van der Waals surface area contributed by atoms with Gasteiger partial charge in [0, 0.05) is 16.0 Å². The van der Waals surface area contributed by atoms with Gasteiger partial charge in [-0.25, -0.2) is 4.98 Å². The van der Waals surface area contributed by atoms with Crippen LogP contribution in [0.1, 0.15) is 37.6 Å². The van der Waals surface area contributed by atoms with Crippen molar-refractivity contribution in [3.63, 3.8) is 0 Å². The molecular weight excluding hydrogens is 466 g/mol. The van der Waals surface area contributed by atoms with Crippen molar-refractivity contribution in [2.75, 3.05) is 6.61 Å². The molecule has 0 bridgehead atoms. The Hall–Kier alpha value is -3.25. The first-order valence-electron chi connectivity index (χ1n) is 10.6. The van der Waals surface area contributed by atoms with Gasteiger partial charge in [-0.2, -0.15) is 9.78 Å².